The topological polar surface area (TPSA) is 49.8 Å². The van der Waals surface area contributed by atoms with Gasteiger partial charge in [-0.25, -0.2) is 0 Å². The first kappa shape index (κ1) is 28.4. The maximum absolute atomic E-state index is 12.0. The smallest absolute Gasteiger partial charge is 0.320 e. The molecular formula is C37H39NO3. The molecule has 41 heavy (non-hydrogen) atoms. The molecule has 1 saturated heterocycles. The summed E-state index contributed by atoms with van der Waals surface area (Å²) in [5.74, 6) is 0.0672. The quantitative estimate of drug-likeness (QED) is 0.214. The lowest BCUT2D eigenvalue weighted by atomic mass is 9.95. The van der Waals surface area contributed by atoms with Crippen molar-refractivity contribution in [2.24, 2.45) is 0 Å². The Morgan fingerprint density at radius 1 is 0.902 bits per heavy atom. The number of likely N-dealkylation sites (tertiary alicyclic amines) is 1. The number of aliphatic carboxylic acids is 1. The summed E-state index contributed by atoms with van der Waals surface area (Å²) in [4.78, 5) is 14.1. The number of hydrogen-bond acceptors (Lipinski definition) is 3. The molecule has 1 heterocycles. The van der Waals surface area contributed by atoms with Gasteiger partial charge in [0.1, 0.15) is 18.4 Å². The van der Waals surface area contributed by atoms with Crippen molar-refractivity contribution in [3.05, 3.63) is 124 Å². The van der Waals surface area contributed by atoms with E-state index in [2.05, 4.69) is 117 Å². The highest BCUT2D eigenvalue weighted by Gasteiger charge is 2.29. The van der Waals surface area contributed by atoms with Gasteiger partial charge in [-0.15, -0.1) is 0 Å². The molecule has 0 spiro atoms. The second kappa shape index (κ2) is 13.0. The molecule has 0 aliphatic carbocycles. The average Bonchev–Trinajstić information content (AvgIpc) is 2.97. The second-order valence-electron chi connectivity index (χ2n) is 11.1. The molecule has 0 radical (unpaired) electrons. The predicted molar refractivity (Wildman–Crippen MR) is 168 cm³/mol. The molecule has 1 aliphatic heterocycles. The predicted octanol–water partition coefficient (Wildman–Crippen LogP) is 8.47. The molecule has 4 aromatic rings. The lowest BCUT2D eigenvalue weighted by Gasteiger charge is -2.33. The van der Waals surface area contributed by atoms with Crippen molar-refractivity contribution >= 4 is 18.1 Å². The first-order valence-electron chi connectivity index (χ1n) is 14.5. The monoisotopic (exact) mass is 545 g/mol. The Hall–Kier alpha value is -4.15. The van der Waals surface area contributed by atoms with Crippen molar-refractivity contribution in [2.45, 2.75) is 59.2 Å². The largest absolute Gasteiger partial charge is 0.489 e. The van der Waals surface area contributed by atoms with Crippen LogP contribution in [0, 0.1) is 20.8 Å². The van der Waals surface area contributed by atoms with Crippen LogP contribution in [0.2, 0.25) is 0 Å². The number of nitrogens with zero attached hydrogens (tertiary/aromatic N) is 1. The molecule has 5 rings (SSSR count). The van der Waals surface area contributed by atoms with Crippen molar-refractivity contribution < 1.29 is 14.6 Å². The summed E-state index contributed by atoms with van der Waals surface area (Å²) in [6.07, 6.45) is 7.01. The van der Waals surface area contributed by atoms with Gasteiger partial charge in [0.2, 0.25) is 0 Å². The van der Waals surface area contributed by atoms with Crippen LogP contribution in [0.25, 0.3) is 23.3 Å². The zero-order chi connectivity index (χ0) is 28.8. The maximum Gasteiger partial charge on any atom is 0.320 e. The van der Waals surface area contributed by atoms with Gasteiger partial charge in [0.25, 0.3) is 0 Å². The van der Waals surface area contributed by atoms with Crippen molar-refractivity contribution in [3.8, 4) is 16.9 Å². The Labute approximate surface area is 243 Å². The lowest BCUT2D eigenvalue weighted by Crippen LogP contribution is -2.44. The third-order valence-electron chi connectivity index (χ3n) is 8.10. The Balaban J connectivity index is 1.46. The number of rotatable bonds is 9. The number of carbonyl (C=O) groups is 1. The van der Waals surface area contributed by atoms with E-state index in [-0.39, 0.29) is 0 Å². The fourth-order valence-corrected chi connectivity index (χ4v) is 5.79. The zero-order valence-corrected chi connectivity index (χ0v) is 24.3. The van der Waals surface area contributed by atoms with Crippen LogP contribution in [-0.4, -0.2) is 28.6 Å². The van der Waals surface area contributed by atoms with E-state index in [1.807, 2.05) is 6.07 Å². The van der Waals surface area contributed by atoms with Crippen molar-refractivity contribution in [2.75, 3.05) is 6.54 Å². The number of carboxylic acids is 1. The minimum atomic E-state index is -0.740. The molecule has 0 saturated carbocycles. The molecule has 1 fully saturated rings. The van der Waals surface area contributed by atoms with Crippen molar-refractivity contribution in [1.82, 2.24) is 4.90 Å². The summed E-state index contributed by atoms with van der Waals surface area (Å²) in [6.45, 7) is 8.18. The third-order valence-corrected chi connectivity index (χ3v) is 8.10. The molecule has 210 valence electrons. The SMILES string of the molecule is Cc1cccc(COc2cc(/C=C/c3cccc(-c4ccccc4)c3C)c(C)cc2CN2CCCC[C@H]2C(=O)O)c1. The van der Waals surface area contributed by atoms with Crippen LogP contribution in [-0.2, 0) is 17.9 Å². The van der Waals surface area contributed by atoms with Crippen molar-refractivity contribution in [1.29, 1.82) is 0 Å². The van der Waals surface area contributed by atoms with E-state index < -0.39 is 12.0 Å². The fourth-order valence-electron chi connectivity index (χ4n) is 5.79. The van der Waals surface area contributed by atoms with Crippen LogP contribution in [0.4, 0.5) is 0 Å². The molecule has 0 unspecified atom stereocenters. The lowest BCUT2D eigenvalue weighted by molar-refractivity contribution is -0.144. The van der Waals surface area contributed by atoms with Crippen LogP contribution in [0.1, 0.15) is 58.2 Å². The Morgan fingerprint density at radius 2 is 1.68 bits per heavy atom. The molecule has 4 aromatic carbocycles. The van der Waals surface area contributed by atoms with Gasteiger partial charge < -0.3 is 9.84 Å². The highest BCUT2D eigenvalue weighted by Crippen LogP contribution is 2.31. The van der Waals surface area contributed by atoms with Gasteiger partial charge in [-0.3, -0.25) is 9.69 Å². The highest BCUT2D eigenvalue weighted by molar-refractivity contribution is 5.78. The zero-order valence-electron chi connectivity index (χ0n) is 24.3. The summed E-state index contributed by atoms with van der Waals surface area (Å²) < 4.78 is 6.46. The van der Waals surface area contributed by atoms with Crippen LogP contribution < -0.4 is 4.74 Å². The van der Waals surface area contributed by atoms with Gasteiger partial charge in [0.05, 0.1) is 0 Å². The van der Waals surface area contributed by atoms with Gasteiger partial charge >= 0.3 is 5.97 Å². The number of benzene rings is 4. The summed E-state index contributed by atoms with van der Waals surface area (Å²) in [6, 6.07) is 29.1. The molecule has 0 aromatic heterocycles. The first-order chi connectivity index (χ1) is 19.9. The van der Waals surface area contributed by atoms with E-state index in [4.69, 9.17) is 4.74 Å². The number of ether oxygens (including phenoxy) is 1. The van der Waals surface area contributed by atoms with Crippen LogP contribution >= 0.6 is 0 Å². The summed E-state index contributed by atoms with van der Waals surface area (Å²) in [5, 5.41) is 9.84. The van der Waals surface area contributed by atoms with E-state index in [0.29, 0.717) is 19.6 Å². The van der Waals surface area contributed by atoms with Crippen LogP contribution in [0.3, 0.4) is 0 Å². The third kappa shape index (κ3) is 6.96. The Bertz CT molecular complexity index is 1540. The van der Waals surface area contributed by atoms with Gasteiger partial charge in [0.15, 0.2) is 0 Å². The number of piperidine rings is 1. The standard InChI is InChI=1S/C37H39NO3/c1-26-11-9-12-29(21-26)25-41-36-23-32(27(2)22-33(36)24-38-20-8-7-17-35(38)37(39)40)19-18-30-15-10-16-34(28(30)3)31-13-5-4-6-14-31/h4-6,9-16,18-19,21-23,35H,7-8,17,20,24-25H2,1-3H3,(H,39,40)/b19-18+/t35-/m0/s1. The second-order valence-corrected chi connectivity index (χ2v) is 11.1. The van der Waals surface area contributed by atoms with E-state index in [9.17, 15) is 9.90 Å². The highest BCUT2D eigenvalue weighted by atomic mass is 16.5. The molecule has 4 nitrogen and oxygen atoms in total. The molecule has 1 aliphatic rings. The van der Waals surface area contributed by atoms with Gasteiger partial charge in [-0.1, -0.05) is 103 Å². The van der Waals surface area contributed by atoms with Gasteiger partial charge in [-0.2, -0.15) is 0 Å². The van der Waals surface area contributed by atoms with Gasteiger partial charge in [0, 0.05) is 12.1 Å². The van der Waals surface area contributed by atoms with Crippen LogP contribution in [0.5, 0.6) is 5.75 Å². The number of hydrogen-bond donors (Lipinski definition) is 1. The van der Waals surface area contributed by atoms with E-state index in [1.54, 1.807) is 0 Å². The molecule has 4 heteroatoms. The first-order valence-corrected chi connectivity index (χ1v) is 14.5. The van der Waals surface area contributed by atoms with E-state index in [0.717, 1.165) is 47.4 Å². The van der Waals surface area contributed by atoms with E-state index in [1.165, 1.54) is 27.8 Å². The number of carboxylic acid groups (broad SMARTS) is 1. The maximum atomic E-state index is 12.0. The van der Waals surface area contributed by atoms with Crippen LogP contribution in [0.15, 0.2) is 84.9 Å². The van der Waals surface area contributed by atoms with E-state index >= 15 is 0 Å². The molecule has 0 amide bonds. The molecular weight excluding hydrogens is 506 g/mol. The normalized spacial score (nSPS) is 15.7. The Kier molecular flexibility index (Phi) is 9.01. The summed E-state index contributed by atoms with van der Waals surface area (Å²) >= 11 is 0. The number of aryl methyl sites for hydroxylation is 2. The minimum absolute atomic E-state index is 0.451. The molecule has 1 N–H and O–H groups in total. The van der Waals surface area contributed by atoms with Crippen molar-refractivity contribution in [3.63, 3.8) is 0 Å². The summed E-state index contributed by atoms with van der Waals surface area (Å²) in [7, 11) is 0. The fraction of sp³-hybridized carbons (Fsp3) is 0.270. The minimum Gasteiger partial charge on any atom is -0.489 e. The summed E-state index contributed by atoms with van der Waals surface area (Å²) in [5.41, 5.74) is 10.4. The molecule has 0 bridgehead atoms. The molecule has 1 atom stereocenters. The Morgan fingerprint density at radius 3 is 2.46 bits per heavy atom. The van der Waals surface area contributed by atoms with Gasteiger partial charge in [-0.05, 0) is 85.2 Å². The average molecular weight is 546 g/mol.